The Kier molecular flexibility index (Phi) is 5.94. The molecule has 8 nitrogen and oxygen atoms in total. The molecule has 0 saturated carbocycles. The van der Waals surface area contributed by atoms with Crippen LogP contribution in [0.4, 0.5) is 11.4 Å². The van der Waals surface area contributed by atoms with Crippen LogP contribution >= 0.6 is 27.5 Å². The summed E-state index contributed by atoms with van der Waals surface area (Å²) in [5, 5.41) is 15.2. The van der Waals surface area contributed by atoms with Crippen LogP contribution in [0, 0.1) is 11.8 Å². The van der Waals surface area contributed by atoms with E-state index in [1.807, 2.05) is 0 Å². The maximum absolute atomic E-state index is 12.9. The van der Waals surface area contributed by atoms with E-state index in [0.717, 1.165) is 4.47 Å². The van der Waals surface area contributed by atoms with Gasteiger partial charge in [0.05, 0.1) is 18.0 Å². The van der Waals surface area contributed by atoms with Crippen LogP contribution < -0.4 is 26.6 Å². The minimum atomic E-state index is -0.799. The zero-order chi connectivity index (χ0) is 21.3. The Morgan fingerprint density at radius 1 is 1.07 bits per heavy atom. The second kappa shape index (κ2) is 8.63. The number of fused-ring (bicyclic) bond motifs is 1. The number of carbonyl (C=O) groups excluding carboxylic acids is 3. The molecule has 4 atom stereocenters. The van der Waals surface area contributed by atoms with Crippen molar-refractivity contribution in [2.75, 3.05) is 10.6 Å². The van der Waals surface area contributed by atoms with Crippen LogP contribution in [-0.4, -0.2) is 30.2 Å². The first kappa shape index (κ1) is 20.6. The van der Waals surface area contributed by atoms with Crippen molar-refractivity contribution in [3.8, 4) is 0 Å². The lowest BCUT2D eigenvalue weighted by Gasteiger charge is -2.43. The van der Waals surface area contributed by atoms with Crippen molar-refractivity contribution in [2.24, 2.45) is 11.8 Å². The number of halogens is 2. The van der Waals surface area contributed by atoms with Crippen LogP contribution in [0.1, 0.15) is 6.42 Å². The molecule has 156 valence electrons. The number of hydrogen-bond acceptors (Lipinski definition) is 5. The molecule has 3 amide bonds. The van der Waals surface area contributed by atoms with E-state index in [1.165, 1.54) is 0 Å². The fourth-order valence-corrected chi connectivity index (χ4v) is 4.12. The third-order valence-electron chi connectivity index (χ3n) is 5.03. The van der Waals surface area contributed by atoms with Crippen molar-refractivity contribution in [1.82, 2.24) is 16.0 Å². The van der Waals surface area contributed by atoms with E-state index in [4.69, 9.17) is 11.6 Å². The lowest BCUT2D eigenvalue weighted by molar-refractivity contribution is -0.144. The highest BCUT2D eigenvalue weighted by Crippen LogP contribution is 2.28. The quantitative estimate of drug-likeness (QED) is 0.449. The topological polar surface area (TPSA) is 111 Å². The Balaban J connectivity index is 1.48. The van der Waals surface area contributed by atoms with E-state index in [-0.39, 0.29) is 24.1 Å². The van der Waals surface area contributed by atoms with Crippen molar-refractivity contribution in [3.05, 3.63) is 58.0 Å². The lowest BCUT2D eigenvalue weighted by Crippen LogP contribution is -2.72. The average Bonchev–Trinajstić information content (AvgIpc) is 2.68. The summed E-state index contributed by atoms with van der Waals surface area (Å²) in [5.74, 6) is -2.53. The Morgan fingerprint density at radius 3 is 2.57 bits per heavy atom. The monoisotopic (exact) mass is 491 g/mol. The van der Waals surface area contributed by atoms with Gasteiger partial charge in [-0.15, -0.1) is 0 Å². The number of carbonyl (C=O) groups is 3. The number of amides is 3. The molecule has 0 spiro atoms. The maximum atomic E-state index is 12.9. The van der Waals surface area contributed by atoms with E-state index >= 15 is 0 Å². The molecule has 5 N–H and O–H groups in total. The molecule has 4 rings (SSSR count). The standard InChI is InChI=1S/C20H19BrClN5O3/c21-10-4-6-12(7-5-10)23-18(29)14-9-15(28)25-17-16(14)19(30)27-20(26-17)24-13-3-1-2-11(22)8-13/h1-8,14,16-17,20,24,26H,9H2,(H,23,29)(H,25,28)(H,27,30). The molecule has 2 aliphatic heterocycles. The van der Waals surface area contributed by atoms with Gasteiger partial charge in [0.2, 0.25) is 17.7 Å². The van der Waals surface area contributed by atoms with Gasteiger partial charge in [-0.05, 0) is 42.5 Å². The Hall–Kier alpha value is -2.62. The molecule has 2 aromatic carbocycles. The van der Waals surface area contributed by atoms with Crippen LogP contribution in [0.3, 0.4) is 0 Å². The minimum Gasteiger partial charge on any atom is -0.353 e. The van der Waals surface area contributed by atoms with E-state index in [0.29, 0.717) is 16.4 Å². The largest absolute Gasteiger partial charge is 0.353 e. The van der Waals surface area contributed by atoms with Gasteiger partial charge >= 0.3 is 0 Å². The van der Waals surface area contributed by atoms with Gasteiger partial charge in [-0.1, -0.05) is 33.6 Å². The summed E-state index contributed by atoms with van der Waals surface area (Å²) in [5.41, 5.74) is 1.29. The van der Waals surface area contributed by atoms with Gasteiger partial charge in [0, 0.05) is 27.3 Å². The fraction of sp³-hybridized carbons (Fsp3) is 0.250. The number of anilines is 2. The van der Waals surface area contributed by atoms with Gasteiger partial charge in [-0.25, -0.2) is 0 Å². The summed E-state index contributed by atoms with van der Waals surface area (Å²) in [6.45, 7) is 0. The number of benzene rings is 2. The van der Waals surface area contributed by atoms with Crippen LogP contribution in [0.2, 0.25) is 5.02 Å². The normalized spacial score (nSPS) is 25.5. The molecule has 30 heavy (non-hydrogen) atoms. The molecule has 0 aromatic heterocycles. The van der Waals surface area contributed by atoms with E-state index < -0.39 is 24.3 Å². The third-order valence-corrected chi connectivity index (χ3v) is 5.80. The minimum absolute atomic E-state index is 0.0645. The molecule has 0 bridgehead atoms. The summed E-state index contributed by atoms with van der Waals surface area (Å²) in [4.78, 5) is 38.0. The predicted molar refractivity (Wildman–Crippen MR) is 116 cm³/mol. The molecule has 0 radical (unpaired) electrons. The second-order valence-electron chi connectivity index (χ2n) is 7.14. The zero-order valence-corrected chi connectivity index (χ0v) is 18.0. The summed E-state index contributed by atoms with van der Waals surface area (Å²) in [6, 6.07) is 14.1. The molecule has 4 unspecified atom stereocenters. The van der Waals surface area contributed by atoms with Crippen LogP contribution in [0.15, 0.2) is 53.0 Å². The first-order valence-corrected chi connectivity index (χ1v) is 10.5. The Bertz CT molecular complexity index is 987. The Morgan fingerprint density at radius 2 is 1.83 bits per heavy atom. The molecule has 10 heteroatoms. The summed E-state index contributed by atoms with van der Waals surface area (Å²) < 4.78 is 0.881. The Labute approximate surface area is 186 Å². The van der Waals surface area contributed by atoms with Gasteiger partial charge in [0.25, 0.3) is 0 Å². The summed E-state index contributed by atoms with van der Waals surface area (Å²) in [7, 11) is 0. The van der Waals surface area contributed by atoms with E-state index in [2.05, 4.69) is 42.5 Å². The molecule has 2 aliphatic rings. The van der Waals surface area contributed by atoms with E-state index in [9.17, 15) is 14.4 Å². The number of piperidine rings is 1. The predicted octanol–water partition coefficient (Wildman–Crippen LogP) is 2.23. The second-order valence-corrected chi connectivity index (χ2v) is 8.49. The van der Waals surface area contributed by atoms with Gasteiger partial charge in [-0.3, -0.25) is 19.7 Å². The third kappa shape index (κ3) is 4.58. The molecule has 0 aliphatic carbocycles. The van der Waals surface area contributed by atoms with Crippen molar-refractivity contribution in [3.63, 3.8) is 0 Å². The fourth-order valence-electron chi connectivity index (χ4n) is 3.67. The number of nitrogens with one attached hydrogen (secondary N) is 5. The first-order valence-electron chi connectivity index (χ1n) is 9.33. The van der Waals surface area contributed by atoms with Crippen molar-refractivity contribution < 1.29 is 14.4 Å². The summed E-state index contributed by atoms with van der Waals surface area (Å²) in [6.07, 6.45) is -1.38. The molecule has 2 heterocycles. The smallest absolute Gasteiger partial charge is 0.229 e. The first-order chi connectivity index (χ1) is 14.4. The molecular formula is C20H19BrClN5O3. The zero-order valence-electron chi connectivity index (χ0n) is 15.6. The lowest BCUT2D eigenvalue weighted by atomic mass is 9.81. The van der Waals surface area contributed by atoms with Crippen LogP contribution in [-0.2, 0) is 14.4 Å². The SMILES string of the molecule is O=C1CC(C(=O)Nc2ccc(Br)cc2)C2C(=O)NC(Nc3cccc(Cl)c3)NC2N1. The average molecular weight is 493 g/mol. The number of hydrogen-bond donors (Lipinski definition) is 5. The number of rotatable bonds is 4. The van der Waals surface area contributed by atoms with E-state index in [1.54, 1.807) is 48.5 Å². The highest BCUT2D eigenvalue weighted by Gasteiger charge is 2.48. The van der Waals surface area contributed by atoms with Crippen LogP contribution in [0.25, 0.3) is 0 Å². The van der Waals surface area contributed by atoms with Gasteiger partial charge in [0.1, 0.15) is 0 Å². The van der Waals surface area contributed by atoms with Gasteiger partial charge in [0.15, 0.2) is 6.29 Å². The van der Waals surface area contributed by atoms with Crippen molar-refractivity contribution in [2.45, 2.75) is 18.9 Å². The molecular weight excluding hydrogens is 474 g/mol. The van der Waals surface area contributed by atoms with Crippen molar-refractivity contribution in [1.29, 1.82) is 0 Å². The molecule has 2 fully saturated rings. The maximum Gasteiger partial charge on any atom is 0.229 e. The van der Waals surface area contributed by atoms with Crippen molar-refractivity contribution >= 4 is 56.6 Å². The van der Waals surface area contributed by atoms with Gasteiger partial charge in [-0.2, -0.15) is 0 Å². The van der Waals surface area contributed by atoms with Gasteiger partial charge < -0.3 is 21.3 Å². The molecule has 2 saturated heterocycles. The highest BCUT2D eigenvalue weighted by molar-refractivity contribution is 9.10. The molecule has 2 aromatic rings. The highest BCUT2D eigenvalue weighted by atomic mass is 79.9. The van der Waals surface area contributed by atoms with Crippen LogP contribution in [0.5, 0.6) is 0 Å². The summed E-state index contributed by atoms with van der Waals surface area (Å²) >= 11 is 9.34.